The number of aliphatic imine (C=N–C) groups is 1. The van der Waals surface area contributed by atoms with E-state index < -0.39 is 0 Å². The van der Waals surface area contributed by atoms with Gasteiger partial charge in [-0.25, -0.2) is 0 Å². The number of hydrogen-bond acceptors (Lipinski definition) is 4. The first-order valence-corrected chi connectivity index (χ1v) is 8.76. The molecule has 0 aliphatic carbocycles. The summed E-state index contributed by atoms with van der Waals surface area (Å²) in [5.41, 5.74) is 1.26. The third kappa shape index (κ3) is 5.39. The van der Waals surface area contributed by atoms with Gasteiger partial charge in [-0.3, -0.25) is 9.89 Å². The molecular weight excluding hydrogens is 304 g/mol. The van der Waals surface area contributed by atoms with Gasteiger partial charge in [0.05, 0.1) is 32.9 Å². The summed E-state index contributed by atoms with van der Waals surface area (Å²) in [4.78, 5) is 7.23. The van der Waals surface area contributed by atoms with E-state index in [-0.39, 0.29) is 6.04 Å². The van der Waals surface area contributed by atoms with Gasteiger partial charge in [0.2, 0.25) is 0 Å². The molecule has 1 atom stereocenters. The average Bonchev–Trinajstić information content (AvgIpc) is 2.63. The van der Waals surface area contributed by atoms with Crippen LogP contribution in [-0.4, -0.2) is 63.9 Å². The third-order valence-electron chi connectivity index (χ3n) is 4.10. The number of guanidine groups is 1. The lowest BCUT2D eigenvalue weighted by molar-refractivity contribution is 0.0179. The second-order valence-electron chi connectivity index (χ2n) is 5.69. The molecule has 6 heteroatoms. The smallest absolute Gasteiger partial charge is 0.191 e. The molecule has 24 heavy (non-hydrogen) atoms. The van der Waals surface area contributed by atoms with E-state index >= 15 is 0 Å². The van der Waals surface area contributed by atoms with Crippen LogP contribution in [0.15, 0.2) is 29.3 Å². The highest BCUT2D eigenvalue weighted by Crippen LogP contribution is 2.24. The van der Waals surface area contributed by atoms with Crippen molar-refractivity contribution in [1.29, 1.82) is 0 Å². The van der Waals surface area contributed by atoms with Crippen LogP contribution in [0.2, 0.25) is 0 Å². The van der Waals surface area contributed by atoms with E-state index in [0.717, 1.165) is 51.1 Å². The van der Waals surface area contributed by atoms with Gasteiger partial charge in [-0.15, -0.1) is 0 Å². The summed E-state index contributed by atoms with van der Waals surface area (Å²) < 4.78 is 10.8. The molecule has 1 heterocycles. The van der Waals surface area contributed by atoms with E-state index in [1.54, 1.807) is 7.11 Å². The molecule has 1 aliphatic heterocycles. The van der Waals surface area contributed by atoms with E-state index in [0.29, 0.717) is 6.54 Å². The van der Waals surface area contributed by atoms with Gasteiger partial charge in [-0.1, -0.05) is 12.1 Å². The average molecular weight is 334 g/mol. The summed E-state index contributed by atoms with van der Waals surface area (Å²) in [7, 11) is 1.69. The lowest BCUT2D eigenvalue weighted by atomic mass is 10.0. The van der Waals surface area contributed by atoms with Crippen molar-refractivity contribution in [1.82, 2.24) is 15.5 Å². The van der Waals surface area contributed by atoms with E-state index in [4.69, 9.17) is 14.5 Å². The van der Waals surface area contributed by atoms with Crippen LogP contribution in [0.3, 0.4) is 0 Å². The van der Waals surface area contributed by atoms with Gasteiger partial charge in [-0.2, -0.15) is 0 Å². The van der Waals surface area contributed by atoms with E-state index in [2.05, 4.69) is 41.5 Å². The van der Waals surface area contributed by atoms with Crippen molar-refractivity contribution in [3.8, 4) is 5.75 Å². The van der Waals surface area contributed by atoms with Gasteiger partial charge < -0.3 is 20.1 Å². The fourth-order valence-corrected chi connectivity index (χ4v) is 2.83. The van der Waals surface area contributed by atoms with Crippen LogP contribution in [0.4, 0.5) is 0 Å². The summed E-state index contributed by atoms with van der Waals surface area (Å²) >= 11 is 0. The van der Waals surface area contributed by atoms with Crippen LogP contribution >= 0.6 is 0 Å². The Kier molecular flexibility index (Phi) is 7.85. The molecule has 1 aromatic carbocycles. The highest BCUT2D eigenvalue weighted by molar-refractivity contribution is 5.79. The summed E-state index contributed by atoms with van der Waals surface area (Å²) in [5.74, 6) is 1.75. The predicted octanol–water partition coefficient (Wildman–Crippen LogP) is 1.64. The Bertz CT molecular complexity index is 490. The maximum Gasteiger partial charge on any atom is 0.191 e. The van der Waals surface area contributed by atoms with Gasteiger partial charge in [-0.05, 0) is 31.5 Å². The minimum Gasteiger partial charge on any atom is -0.497 e. The molecule has 0 aromatic heterocycles. The van der Waals surface area contributed by atoms with Gasteiger partial charge >= 0.3 is 0 Å². The van der Waals surface area contributed by atoms with Crippen molar-refractivity contribution in [2.75, 3.05) is 53.0 Å². The van der Waals surface area contributed by atoms with Crippen molar-refractivity contribution < 1.29 is 9.47 Å². The molecule has 0 saturated carbocycles. The second kappa shape index (κ2) is 10.2. The molecule has 0 radical (unpaired) electrons. The molecule has 0 amide bonds. The first-order valence-electron chi connectivity index (χ1n) is 8.76. The van der Waals surface area contributed by atoms with E-state index in [1.807, 2.05) is 12.1 Å². The Morgan fingerprint density at radius 1 is 1.17 bits per heavy atom. The zero-order chi connectivity index (χ0) is 17.2. The van der Waals surface area contributed by atoms with Crippen molar-refractivity contribution in [3.05, 3.63) is 29.8 Å². The maximum absolute atomic E-state index is 5.50. The highest BCUT2D eigenvalue weighted by Gasteiger charge is 2.22. The summed E-state index contributed by atoms with van der Waals surface area (Å²) in [6.07, 6.45) is 0. The number of ether oxygens (including phenoxy) is 2. The second-order valence-corrected chi connectivity index (χ2v) is 5.69. The fraction of sp³-hybridized carbons (Fsp3) is 0.611. The minimum absolute atomic E-state index is 0.243. The number of methoxy groups -OCH3 is 1. The molecule has 2 rings (SSSR count). The number of benzene rings is 1. The number of rotatable bonds is 7. The molecule has 0 bridgehead atoms. The summed E-state index contributed by atoms with van der Waals surface area (Å²) in [6.45, 7) is 10.0. The largest absolute Gasteiger partial charge is 0.497 e. The molecular formula is C18H30N4O2. The van der Waals surface area contributed by atoms with E-state index in [1.165, 1.54) is 5.56 Å². The Morgan fingerprint density at radius 2 is 1.79 bits per heavy atom. The Hall–Kier alpha value is -1.79. The monoisotopic (exact) mass is 334 g/mol. The molecule has 6 nitrogen and oxygen atoms in total. The lowest BCUT2D eigenvalue weighted by Gasteiger charge is -2.34. The maximum atomic E-state index is 5.50. The van der Waals surface area contributed by atoms with Crippen LogP contribution in [0.5, 0.6) is 5.75 Å². The van der Waals surface area contributed by atoms with E-state index in [9.17, 15) is 0 Å². The molecule has 0 unspecified atom stereocenters. The number of hydrogen-bond donors (Lipinski definition) is 2. The molecule has 1 saturated heterocycles. The highest BCUT2D eigenvalue weighted by atomic mass is 16.5. The summed E-state index contributed by atoms with van der Waals surface area (Å²) in [5, 5.41) is 6.57. The van der Waals surface area contributed by atoms with Crippen LogP contribution in [0.25, 0.3) is 0 Å². The number of nitrogens with one attached hydrogen (secondary N) is 2. The predicted molar refractivity (Wildman–Crippen MR) is 97.8 cm³/mol. The van der Waals surface area contributed by atoms with Crippen LogP contribution in [0, 0.1) is 0 Å². The number of morpholine rings is 1. The fourth-order valence-electron chi connectivity index (χ4n) is 2.83. The SMILES string of the molecule is CCNC(=NC[C@H](c1ccc(OC)cc1)N1CCOCC1)NCC. The normalized spacial score (nSPS) is 16.3. The Morgan fingerprint density at radius 3 is 2.33 bits per heavy atom. The first kappa shape index (κ1) is 18.5. The standard InChI is InChI=1S/C18H30N4O2/c1-4-19-18(20-5-2)21-14-17(22-10-12-24-13-11-22)15-6-8-16(23-3)9-7-15/h6-9,17H,4-5,10-14H2,1-3H3,(H2,19,20,21)/t17-/m1/s1. The van der Waals surface area contributed by atoms with Gasteiger partial charge in [0.1, 0.15) is 5.75 Å². The quantitative estimate of drug-likeness (QED) is 0.586. The van der Waals surface area contributed by atoms with Crippen molar-refractivity contribution >= 4 is 5.96 Å². The lowest BCUT2D eigenvalue weighted by Crippen LogP contribution is -2.41. The van der Waals surface area contributed by atoms with Gasteiger partial charge in [0.15, 0.2) is 5.96 Å². The molecule has 1 aliphatic rings. The molecule has 1 fully saturated rings. The Labute approximate surface area is 145 Å². The summed E-state index contributed by atoms with van der Waals surface area (Å²) in [6, 6.07) is 8.54. The zero-order valence-corrected chi connectivity index (χ0v) is 15.0. The topological polar surface area (TPSA) is 58.1 Å². The third-order valence-corrected chi connectivity index (χ3v) is 4.10. The molecule has 0 spiro atoms. The van der Waals surface area contributed by atoms with Gasteiger partial charge in [0.25, 0.3) is 0 Å². The van der Waals surface area contributed by atoms with Crippen molar-refractivity contribution in [3.63, 3.8) is 0 Å². The molecule has 2 N–H and O–H groups in total. The van der Waals surface area contributed by atoms with Crippen LogP contribution < -0.4 is 15.4 Å². The zero-order valence-electron chi connectivity index (χ0n) is 15.0. The minimum atomic E-state index is 0.243. The van der Waals surface area contributed by atoms with Crippen LogP contribution in [-0.2, 0) is 4.74 Å². The molecule has 1 aromatic rings. The van der Waals surface area contributed by atoms with Gasteiger partial charge in [0, 0.05) is 26.2 Å². The van der Waals surface area contributed by atoms with Crippen molar-refractivity contribution in [2.24, 2.45) is 4.99 Å². The Balaban J connectivity index is 2.16. The number of nitrogens with zero attached hydrogens (tertiary/aromatic N) is 2. The first-order chi connectivity index (χ1) is 11.8. The van der Waals surface area contributed by atoms with Crippen LogP contribution in [0.1, 0.15) is 25.5 Å². The van der Waals surface area contributed by atoms with Crippen molar-refractivity contribution in [2.45, 2.75) is 19.9 Å². The molecule has 134 valence electrons.